The molecule has 1 atom stereocenters. The normalized spacial score (nSPS) is 17.5. The topological polar surface area (TPSA) is 103 Å². The lowest BCUT2D eigenvalue weighted by atomic mass is 10.0. The number of aryl methyl sites for hydroxylation is 2. The molecule has 1 aromatic rings. The lowest BCUT2D eigenvalue weighted by Crippen LogP contribution is -2.51. The summed E-state index contributed by atoms with van der Waals surface area (Å²) in [5.74, 6) is -1.71. The van der Waals surface area contributed by atoms with Crippen molar-refractivity contribution in [3.8, 4) is 0 Å². The summed E-state index contributed by atoms with van der Waals surface area (Å²) >= 11 is 5.99. The van der Waals surface area contributed by atoms with Gasteiger partial charge in [0.2, 0.25) is 5.91 Å². The number of likely N-dealkylation sites (tertiary alicyclic amines) is 1. The van der Waals surface area contributed by atoms with Crippen LogP contribution in [0.5, 0.6) is 0 Å². The summed E-state index contributed by atoms with van der Waals surface area (Å²) in [6.45, 7) is 3.44. The Hall–Kier alpha value is -2.15. The molecule has 0 aromatic carbocycles. The number of amides is 2. The zero-order valence-corrected chi connectivity index (χ0v) is 14.4. The van der Waals surface area contributed by atoms with E-state index in [0.29, 0.717) is 24.2 Å². The van der Waals surface area contributed by atoms with Gasteiger partial charge >= 0.3 is 5.97 Å². The Morgan fingerprint density at radius 3 is 2.71 bits per heavy atom. The monoisotopic (exact) mass is 353 g/mol. The number of hydrogen-bond donors (Lipinski definition) is 1. The molecule has 130 valence electrons. The molecule has 2 amide bonds. The number of nitrogens with two attached hydrogens (primary N) is 1. The number of esters is 1. The van der Waals surface area contributed by atoms with Gasteiger partial charge in [0.15, 0.2) is 6.61 Å². The van der Waals surface area contributed by atoms with Crippen molar-refractivity contribution in [1.82, 2.24) is 9.88 Å². The summed E-state index contributed by atoms with van der Waals surface area (Å²) in [5, 5.41) is 0.0398. The van der Waals surface area contributed by atoms with Crippen LogP contribution in [0.25, 0.3) is 0 Å². The molecule has 1 saturated heterocycles. The number of carbonyl (C=O) groups excluding carboxylic acids is 3. The molecule has 1 fully saturated rings. The first-order valence-electron chi connectivity index (χ1n) is 7.71. The Balaban J connectivity index is 2.03. The summed E-state index contributed by atoms with van der Waals surface area (Å²) in [6.07, 6.45) is 2.15. The fourth-order valence-electron chi connectivity index (χ4n) is 2.84. The minimum absolute atomic E-state index is 0.0398. The second-order valence-corrected chi connectivity index (χ2v) is 6.18. The number of primary amides is 1. The predicted octanol–water partition coefficient (Wildman–Crippen LogP) is 1.38. The molecule has 1 aromatic heterocycles. The van der Waals surface area contributed by atoms with E-state index >= 15 is 0 Å². The number of aromatic nitrogens is 1. The molecule has 1 aliphatic heterocycles. The highest BCUT2D eigenvalue weighted by atomic mass is 35.5. The van der Waals surface area contributed by atoms with Crippen LogP contribution in [0.4, 0.5) is 0 Å². The van der Waals surface area contributed by atoms with Gasteiger partial charge in [0.1, 0.15) is 11.2 Å². The highest BCUT2D eigenvalue weighted by Crippen LogP contribution is 2.20. The Morgan fingerprint density at radius 2 is 2.08 bits per heavy atom. The Labute approximate surface area is 145 Å². The second-order valence-electron chi connectivity index (χ2n) is 5.82. The zero-order valence-electron chi connectivity index (χ0n) is 13.7. The Morgan fingerprint density at radius 1 is 1.38 bits per heavy atom. The third kappa shape index (κ3) is 4.03. The number of piperidine rings is 1. The molecular formula is C16H20ClN3O4. The van der Waals surface area contributed by atoms with Crippen molar-refractivity contribution < 1.29 is 19.1 Å². The summed E-state index contributed by atoms with van der Waals surface area (Å²) in [5.41, 5.74) is 6.78. The average Bonchev–Trinajstić information content (AvgIpc) is 2.51. The van der Waals surface area contributed by atoms with Gasteiger partial charge in [-0.05, 0) is 44.7 Å². The molecule has 0 saturated carbocycles. The number of carbonyl (C=O) groups is 3. The Kier molecular flexibility index (Phi) is 5.77. The minimum atomic E-state index is -0.717. The SMILES string of the molecule is Cc1cc(C)c(C(=O)OCC(=O)N2CCCC[C@H]2C(N)=O)c(Cl)n1. The molecule has 7 nitrogen and oxygen atoms in total. The predicted molar refractivity (Wildman–Crippen MR) is 87.5 cm³/mol. The molecule has 2 rings (SSSR count). The van der Waals surface area contributed by atoms with Gasteiger partial charge in [-0.2, -0.15) is 0 Å². The number of nitrogens with zero attached hydrogens (tertiary/aromatic N) is 2. The van der Waals surface area contributed by atoms with E-state index in [1.165, 1.54) is 4.90 Å². The van der Waals surface area contributed by atoms with Crippen LogP contribution >= 0.6 is 11.6 Å². The van der Waals surface area contributed by atoms with E-state index in [9.17, 15) is 14.4 Å². The highest BCUT2D eigenvalue weighted by molar-refractivity contribution is 6.32. The van der Waals surface area contributed by atoms with E-state index in [1.54, 1.807) is 19.9 Å². The largest absolute Gasteiger partial charge is 0.452 e. The third-order valence-corrected chi connectivity index (χ3v) is 4.26. The number of hydrogen-bond acceptors (Lipinski definition) is 5. The molecule has 24 heavy (non-hydrogen) atoms. The second kappa shape index (κ2) is 7.61. The van der Waals surface area contributed by atoms with Crippen molar-refractivity contribution in [1.29, 1.82) is 0 Å². The van der Waals surface area contributed by atoms with Crippen molar-refractivity contribution in [2.45, 2.75) is 39.2 Å². The van der Waals surface area contributed by atoms with Crippen LogP contribution in [0, 0.1) is 13.8 Å². The van der Waals surface area contributed by atoms with E-state index in [1.807, 2.05) is 0 Å². The van der Waals surface area contributed by atoms with Gasteiger partial charge in [0, 0.05) is 12.2 Å². The van der Waals surface area contributed by atoms with Crippen LogP contribution in [0.1, 0.15) is 40.9 Å². The van der Waals surface area contributed by atoms with E-state index in [2.05, 4.69) is 4.98 Å². The van der Waals surface area contributed by atoms with Crippen molar-refractivity contribution in [3.63, 3.8) is 0 Å². The van der Waals surface area contributed by atoms with Gasteiger partial charge in [0.05, 0.1) is 5.56 Å². The van der Waals surface area contributed by atoms with Crippen molar-refractivity contribution in [3.05, 3.63) is 28.0 Å². The molecule has 1 aliphatic rings. The number of halogens is 1. The van der Waals surface area contributed by atoms with Gasteiger partial charge in [-0.15, -0.1) is 0 Å². The highest BCUT2D eigenvalue weighted by Gasteiger charge is 2.31. The summed E-state index contributed by atoms with van der Waals surface area (Å²) < 4.78 is 5.07. The van der Waals surface area contributed by atoms with Crippen molar-refractivity contribution >= 4 is 29.4 Å². The number of rotatable bonds is 4. The standard InChI is InChI=1S/C16H20ClN3O4/c1-9-7-10(2)19-14(17)13(9)16(23)24-8-12(21)20-6-4-3-5-11(20)15(18)22/h7,11H,3-6,8H2,1-2H3,(H2,18,22)/t11-/m0/s1. The molecule has 0 radical (unpaired) electrons. The lowest BCUT2D eigenvalue weighted by molar-refractivity contribution is -0.143. The molecule has 0 unspecified atom stereocenters. The van der Waals surface area contributed by atoms with Crippen LogP contribution in [0.15, 0.2) is 6.07 Å². The fourth-order valence-corrected chi connectivity index (χ4v) is 3.20. The fraction of sp³-hybridized carbons (Fsp3) is 0.500. The smallest absolute Gasteiger partial charge is 0.342 e. The van der Waals surface area contributed by atoms with E-state index in [0.717, 1.165) is 12.8 Å². The maximum atomic E-state index is 12.3. The summed E-state index contributed by atoms with van der Waals surface area (Å²) in [6, 6.07) is 1.06. The molecule has 2 heterocycles. The van der Waals surface area contributed by atoms with Crippen LogP contribution in [0.2, 0.25) is 5.15 Å². The van der Waals surface area contributed by atoms with Crippen molar-refractivity contribution in [2.75, 3.05) is 13.2 Å². The Bertz CT molecular complexity index is 654. The van der Waals surface area contributed by atoms with Crippen LogP contribution in [0.3, 0.4) is 0 Å². The third-order valence-electron chi connectivity index (χ3n) is 3.98. The van der Waals surface area contributed by atoms with Gasteiger partial charge in [0.25, 0.3) is 5.91 Å². The lowest BCUT2D eigenvalue weighted by Gasteiger charge is -2.33. The molecule has 0 aliphatic carbocycles. The molecule has 2 N–H and O–H groups in total. The van der Waals surface area contributed by atoms with Crippen LogP contribution in [-0.4, -0.2) is 46.9 Å². The van der Waals surface area contributed by atoms with Gasteiger partial charge in [-0.3, -0.25) is 9.59 Å². The summed E-state index contributed by atoms with van der Waals surface area (Å²) in [7, 11) is 0. The number of pyridine rings is 1. The van der Waals surface area contributed by atoms with Crippen LogP contribution in [-0.2, 0) is 14.3 Å². The van der Waals surface area contributed by atoms with Crippen molar-refractivity contribution in [2.24, 2.45) is 5.73 Å². The summed E-state index contributed by atoms with van der Waals surface area (Å²) in [4.78, 5) is 41.3. The van der Waals surface area contributed by atoms with Gasteiger partial charge in [-0.25, -0.2) is 9.78 Å². The average molecular weight is 354 g/mol. The van der Waals surface area contributed by atoms with E-state index in [-0.39, 0.29) is 10.7 Å². The molecule has 0 bridgehead atoms. The first-order valence-corrected chi connectivity index (χ1v) is 8.08. The zero-order chi connectivity index (χ0) is 17.9. The molecular weight excluding hydrogens is 334 g/mol. The first kappa shape index (κ1) is 18.2. The van der Waals surface area contributed by atoms with Gasteiger partial charge in [-0.1, -0.05) is 11.6 Å². The van der Waals surface area contributed by atoms with E-state index < -0.39 is 30.4 Å². The maximum Gasteiger partial charge on any atom is 0.342 e. The first-order chi connectivity index (χ1) is 11.3. The molecule has 8 heteroatoms. The quantitative estimate of drug-likeness (QED) is 0.650. The van der Waals surface area contributed by atoms with Crippen LogP contribution < -0.4 is 5.73 Å². The number of ether oxygens (including phenoxy) is 1. The maximum absolute atomic E-state index is 12.3. The van der Waals surface area contributed by atoms with E-state index in [4.69, 9.17) is 22.1 Å². The minimum Gasteiger partial charge on any atom is -0.452 e. The van der Waals surface area contributed by atoms with Gasteiger partial charge < -0.3 is 15.4 Å². The molecule has 0 spiro atoms.